The normalized spacial score (nSPS) is 12.0. The molecule has 0 aliphatic heterocycles. The van der Waals surface area contributed by atoms with Crippen molar-refractivity contribution < 1.29 is 4.79 Å². The van der Waals surface area contributed by atoms with E-state index in [1.54, 1.807) is 6.20 Å². The Labute approximate surface area is 158 Å². The molecule has 3 aromatic rings. The fraction of sp³-hybridized carbons (Fsp3) is 0.368. The van der Waals surface area contributed by atoms with Crippen LogP contribution in [-0.2, 0) is 13.5 Å². The molecule has 8 heteroatoms. The van der Waals surface area contributed by atoms with Crippen molar-refractivity contribution in [1.82, 2.24) is 30.0 Å². The lowest BCUT2D eigenvalue weighted by molar-refractivity contribution is 0.247. The Morgan fingerprint density at radius 2 is 2.07 bits per heavy atom. The Kier molecular flexibility index (Phi) is 5.85. The molecule has 142 valence electrons. The van der Waals surface area contributed by atoms with Crippen LogP contribution in [0.15, 0.2) is 36.7 Å². The fourth-order valence-electron chi connectivity index (χ4n) is 2.95. The van der Waals surface area contributed by atoms with Gasteiger partial charge in [-0.1, -0.05) is 25.5 Å². The van der Waals surface area contributed by atoms with Gasteiger partial charge in [-0.25, -0.2) is 14.8 Å². The van der Waals surface area contributed by atoms with Crippen molar-refractivity contribution in [3.05, 3.63) is 59.7 Å². The van der Waals surface area contributed by atoms with Gasteiger partial charge in [0.05, 0.1) is 6.04 Å². The van der Waals surface area contributed by atoms with Gasteiger partial charge in [0.2, 0.25) is 0 Å². The average Bonchev–Trinajstić information content (AvgIpc) is 3.24. The second kappa shape index (κ2) is 8.48. The molecule has 27 heavy (non-hydrogen) atoms. The zero-order valence-electron chi connectivity index (χ0n) is 15.9. The number of aryl methyl sites for hydroxylation is 2. The number of imidazole rings is 1. The highest BCUT2D eigenvalue weighted by molar-refractivity contribution is 5.89. The number of rotatable bonds is 7. The van der Waals surface area contributed by atoms with Crippen molar-refractivity contribution in [3.8, 4) is 0 Å². The molecular weight excluding hydrogens is 342 g/mol. The van der Waals surface area contributed by atoms with Gasteiger partial charge < -0.3 is 15.2 Å². The molecule has 1 aromatic carbocycles. The number of carbonyl (C=O) groups is 1. The number of carbonyl (C=O) groups excluding carboxylic acids is 1. The molecule has 2 heterocycles. The molecule has 0 radical (unpaired) electrons. The molecule has 0 bridgehead atoms. The average molecular weight is 367 g/mol. The maximum Gasteiger partial charge on any atom is 0.319 e. The van der Waals surface area contributed by atoms with E-state index in [0.717, 1.165) is 41.6 Å². The Bertz CT molecular complexity index is 882. The first-order chi connectivity index (χ1) is 13.0. The third-order valence-corrected chi connectivity index (χ3v) is 4.27. The third-order valence-electron chi connectivity index (χ3n) is 4.27. The van der Waals surface area contributed by atoms with Crippen molar-refractivity contribution in [1.29, 1.82) is 0 Å². The third kappa shape index (κ3) is 4.93. The number of hydrogen-bond donors (Lipinski definition) is 3. The summed E-state index contributed by atoms with van der Waals surface area (Å²) in [6.45, 7) is 3.96. The summed E-state index contributed by atoms with van der Waals surface area (Å²) in [7, 11) is 1.93. The van der Waals surface area contributed by atoms with Gasteiger partial charge in [-0.3, -0.25) is 5.10 Å². The molecule has 1 atom stereocenters. The summed E-state index contributed by atoms with van der Waals surface area (Å²) in [6.07, 6.45) is 6.05. The van der Waals surface area contributed by atoms with Crippen LogP contribution >= 0.6 is 0 Å². The molecule has 0 aliphatic carbocycles. The summed E-state index contributed by atoms with van der Waals surface area (Å²) in [5.41, 5.74) is 1.81. The zero-order chi connectivity index (χ0) is 19.2. The lowest BCUT2D eigenvalue weighted by atomic mass is 10.1. The van der Waals surface area contributed by atoms with Crippen LogP contribution in [0.1, 0.15) is 48.8 Å². The first kappa shape index (κ1) is 18.6. The Balaban J connectivity index is 1.59. The topological polar surface area (TPSA) is 101 Å². The van der Waals surface area contributed by atoms with Crippen LogP contribution in [0.4, 0.5) is 10.5 Å². The number of amides is 2. The SMILES string of the molecule is CCC[C@@H](NC(=O)Nc1ccc(Cc2n[nH]c(C)n2)cc1)c1nccn1C. The van der Waals surface area contributed by atoms with Gasteiger partial charge in [0.15, 0.2) is 5.82 Å². The van der Waals surface area contributed by atoms with Crippen LogP contribution in [0.2, 0.25) is 0 Å². The standard InChI is InChI=1S/C19H25N7O/c1-4-5-16(18-20-10-11-26(18)3)23-19(27)22-15-8-6-14(7-9-15)12-17-21-13(2)24-25-17/h6-11,16H,4-5,12H2,1-3H3,(H,21,24,25)(H2,22,23,27)/t16-/m1/s1. The molecule has 8 nitrogen and oxygen atoms in total. The second-order valence-electron chi connectivity index (χ2n) is 6.55. The lowest BCUT2D eigenvalue weighted by Gasteiger charge is -2.18. The van der Waals surface area contributed by atoms with E-state index in [1.165, 1.54) is 0 Å². The highest BCUT2D eigenvalue weighted by atomic mass is 16.2. The molecule has 0 aliphatic rings. The number of aromatic nitrogens is 5. The quantitative estimate of drug-likeness (QED) is 0.597. The van der Waals surface area contributed by atoms with Gasteiger partial charge in [-0.15, -0.1) is 0 Å². The maximum absolute atomic E-state index is 12.4. The number of nitrogens with one attached hydrogen (secondary N) is 3. The van der Waals surface area contributed by atoms with Crippen molar-refractivity contribution in [2.75, 3.05) is 5.32 Å². The summed E-state index contributed by atoms with van der Waals surface area (Å²) in [5, 5.41) is 12.9. The van der Waals surface area contributed by atoms with E-state index < -0.39 is 0 Å². The van der Waals surface area contributed by atoms with Crippen LogP contribution in [-0.4, -0.2) is 30.8 Å². The number of benzene rings is 1. The van der Waals surface area contributed by atoms with Crippen molar-refractivity contribution in [3.63, 3.8) is 0 Å². The molecule has 3 rings (SSSR count). The van der Waals surface area contributed by atoms with E-state index in [4.69, 9.17) is 0 Å². The summed E-state index contributed by atoms with van der Waals surface area (Å²) in [4.78, 5) is 21.1. The predicted octanol–water partition coefficient (Wildman–Crippen LogP) is 3.10. The van der Waals surface area contributed by atoms with E-state index in [2.05, 4.69) is 37.7 Å². The summed E-state index contributed by atoms with van der Waals surface area (Å²) < 4.78 is 1.93. The number of hydrogen-bond acceptors (Lipinski definition) is 4. The van der Waals surface area contributed by atoms with Crippen molar-refractivity contribution in [2.45, 2.75) is 39.2 Å². The van der Waals surface area contributed by atoms with Gasteiger partial charge >= 0.3 is 6.03 Å². The van der Waals surface area contributed by atoms with Gasteiger partial charge in [0.25, 0.3) is 0 Å². The number of aromatic amines is 1. The fourth-order valence-corrected chi connectivity index (χ4v) is 2.95. The molecule has 3 N–H and O–H groups in total. The van der Waals surface area contributed by atoms with Crippen LogP contribution in [0.25, 0.3) is 0 Å². The predicted molar refractivity (Wildman–Crippen MR) is 103 cm³/mol. The first-order valence-electron chi connectivity index (χ1n) is 9.06. The molecule has 0 unspecified atom stereocenters. The molecular formula is C19H25N7O. The summed E-state index contributed by atoms with van der Waals surface area (Å²) in [5.74, 6) is 2.40. The van der Waals surface area contributed by atoms with Crippen LogP contribution in [0.3, 0.4) is 0 Å². The summed E-state index contributed by atoms with van der Waals surface area (Å²) in [6, 6.07) is 7.32. The Morgan fingerprint density at radius 3 is 2.67 bits per heavy atom. The number of nitrogens with zero attached hydrogens (tertiary/aromatic N) is 4. The smallest absolute Gasteiger partial charge is 0.319 e. The van der Waals surface area contributed by atoms with Crippen LogP contribution < -0.4 is 10.6 Å². The molecule has 0 saturated carbocycles. The minimum absolute atomic E-state index is 0.122. The largest absolute Gasteiger partial charge is 0.336 e. The highest BCUT2D eigenvalue weighted by Gasteiger charge is 2.17. The highest BCUT2D eigenvalue weighted by Crippen LogP contribution is 2.17. The lowest BCUT2D eigenvalue weighted by Crippen LogP contribution is -2.33. The first-order valence-corrected chi connectivity index (χ1v) is 9.06. The van der Waals surface area contributed by atoms with Crippen molar-refractivity contribution >= 4 is 11.7 Å². The van der Waals surface area contributed by atoms with E-state index in [9.17, 15) is 4.79 Å². The van der Waals surface area contributed by atoms with Crippen molar-refractivity contribution in [2.24, 2.45) is 7.05 Å². The Hall–Kier alpha value is -3.16. The van der Waals surface area contributed by atoms with E-state index in [1.807, 2.05) is 49.0 Å². The zero-order valence-corrected chi connectivity index (χ0v) is 15.9. The van der Waals surface area contributed by atoms with Gasteiger partial charge in [0, 0.05) is 31.5 Å². The monoisotopic (exact) mass is 367 g/mol. The number of H-pyrrole nitrogens is 1. The maximum atomic E-state index is 12.4. The summed E-state index contributed by atoms with van der Waals surface area (Å²) >= 11 is 0. The van der Waals surface area contributed by atoms with Gasteiger partial charge in [-0.2, -0.15) is 5.10 Å². The van der Waals surface area contributed by atoms with Gasteiger partial charge in [0.1, 0.15) is 11.6 Å². The molecule has 0 fully saturated rings. The molecule has 2 aromatic heterocycles. The second-order valence-corrected chi connectivity index (χ2v) is 6.55. The van der Waals surface area contributed by atoms with Crippen LogP contribution in [0.5, 0.6) is 0 Å². The van der Waals surface area contributed by atoms with Crippen LogP contribution in [0, 0.1) is 6.92 Å². The molecule has 2 amide bonds. The minimum Gasteiger partial charge on any atom is -0.336 e. The van der Waals surface area contributed by atoms with E-state index >= 15 is 0 Å². The molecule has 0 saturated heterocycles. The van der Waals surface area contributed by atoms with E-state index in [-0.39, 0.29) is 12.1 Å². The molecule has 0 spiro atoms. The number of anilines is 1. The minimum atomic E-state index is -0.242. The number of urea groups is 1. The van der Waals surface area contributed by atoms with E-state index in [0.29, 0.717) is 6.42 Å². The Morgan fingerprint density at radius 1 is 1.30 bits per heavy atom. The van der Waals surface area contributed by atoms with Gasteiger partial charge in [-0.05, 0) is 31.0 Å².